The third kappa shape index (κ3) is 3.41. The molecule has 0 spiro atoms. The molecular weight excluding hydrogens is 300 g/mol. The molecule has 0 unspecified atom stereocenters. The number of nitrogens with one attached hydrogen (secondary N) is 2. The molecule has 0 saturated heterocycles. The summed E-state index contributed by atoms with van der Waals surface area (Å²) in [7, 11) is 0. The average Bonchev–Trinajstić information content (AvgIpc) is 2.83. The van der Waals surface area contributed by atoms with Gasteiger partial charge in [0.05, 0.1) is 11.0 Å². The van der Waals surface area contributed by atoms with E-state index in [0.717, 1.165) is 23.4 Å². The maximum atomic E-state index is 4.39. The van der Waals surface area contributed by atoms with Gasteiger partial charge in [0.2, 0.25) is 5.95 Å². The zero-order valence-electron chi connectivity index (χ0n) is 9.40. The number of rotatable bonds is 5. The maximum absolute atomic E-state index is 4.39. The van der Waals surface area contributed by atoms with Crippen LogP contribution in [0.15, 0.2) is 28.2 Å². The van der Waals surface area contributed by atoms with Crippen LogP contribution in [0.5, 0.6) is 0 Å². The maximum Gasteiger partial charge on any atom is 0.224 e. The molecule has 0 bridgehead atoms. The molecule has 0 radical (unpaired) electrons. The van der Waals surface area contributed by atoms with Crippen LogP contribution in [0.1, 0.15) is 11.8 Å². The lowest BCUT2D eigenvalue weighted by atomic mass is 10.4. The molecule has 0 atom stereocenters. The van der Waals surface area contributed by atoms with Crippen molar-refractivity contribution in [2.75, 3.05) is 17.2 Å². The molecule has 0 amide bonds. The summed E-state index contributed by atoms with van der Waals surface area (Å²) in [4.78, 5) is 9.83. The van der Waals surface area contributed by atoms with Gasteiger partial charge < -0.3 is 10.6 Å². The monoisotopic (exact) mass is 312 g/mol. The molecular formula is C11H13BrN4S. The van der Waals surface area contributed by atoms with E-state index in [1.54, 1.807) is 17.5 Å². The van der Waals surface area contributed by atoms with Crippen LogP contribution in [0.25, 0.3) is 0 Å². The van der Waals surface area contributed by atoms with E-state index in [1.807, 2.05) is 13.0 Å². The van der Waals surface area contributed by atoms with Gasteiger partial charge in [-0.2, -0.15) is 4.98 Å². The Bertz CT molecular complexity index is 472. The van der Waals surface area contributed by atoms with Crippen molar-refractivity contribution in [1.29, 1.82) is 0 Å². The van der Waals surface area contributed by atoms with Crippen LogP contribution in [0.2, 0.25) is 0 Å². The molecule has 6 heteroatoms. The lowest BCUT2D eigenvalue weighted by molar-refractivity contribution is 1.05. The van der Waals surface area contributed by atoms with E-state index in [-0.39, 0.29) is 0 Å². The molecule has 0 fully saturated rings. The van der Waals surface area contributed by atoms with Gasteiger partial charge in [-0.1, -0.05) is 6.07 Å². The molecule has 2 N–H and O–H groups in total. The van der Waals surface area contributed by atoms with Gasteiger partial charge >= 0.3 is 0 Å². The van der Waals surface area contributed by atoms with Crippen molar-refractivity contribution in [3.8, 4) is 0 Å². The summed E-state index contributed by atoms with van der Waals surface area (Å²) in [5.74, 6) is 1.45. The Morgan fingerprint density at radius 1 is 1.41 bits per heavy atom. The van der Waals surface area contributed by atoms with Crippen molar-refractivity contribution in [1.82, 2.24) is 9.97 Å². The topological polar surface area (TPSA) is 49.8 Å². The predicted octanol–water partition coefficient (Wildman–Crippen LogP) is 3.34. The van der Waals surface area contributed by atoms with Gasteiger partial charge in [-0.3, -0.25) is 0 Å². The summed E-state index contributed by atoms with van der Waals surface area (Å²) >= 11 is 5.16. The number of halogens is 1. The third-order valence-corrected chi connectivity index (χ3v) is 3.55. The van der Waals surface area contributed by atoms with Crippen molar-refractivity contribution >= 4 is 39.0 Å². The molecule has 2 rings (SSSR count). The molecule has 2 aromatic rings. The van der Waals surface area contributed by atoms with Crippen LogP contribution < -0.4 is 10.6 Å². The second-order valence-electron chi connectivity index (χ2n) is 3.35. The van der Waals surface area contributed by atoms with Gasteiger partial charge in [-0.15, -0.1) is 11.3 Å². The van der Waals surface area contributed by atoms with E-state index >= 15 is 0 Å². The van der Waals surface area contributed by atoms with Gasteiger partial charge in [-0.25, -0.2) is 4.98 Å². The molecule has 0 saturated carbocycles. The minimum absolute atomic E-state index is 0.643. The Morgan fingerprint density at radius 2 is 2.29 bits per heavy atom. The first-order chi connectivity index (χ1) is 8.29. The normalized spacial score (nSPS) is 10.2. The van der Waals surface area contributed by atoms with E-state index < -0.39 is 0 Å². The van der Waals surface area contributed by atoms with E-state index in [0.29, 0.717) is 5.95 Å². The fraction of sp³-hybridized carbons (Fsp3) is 0.273. The number of hydrogen-bond acceptors (Lipinski definition) is 5. The second-order valence-corrected chi connectivity index (χ2v) is 5.24. The quantitative estimate of drug-likeness (QED) is 0.889. The van der Waals surface area contributed by atoms with E-state index in [4.69, 9.17) is 0 Å². The fourth-order valence-electron chi connectivity index (χ4n) is 1.32. The van der Waals surface area contributed by atoms with Crippen molar-refractivity contribution in [2.24, 2.45) is 0 Å². The van der Waals surface area contributed by atoms with E-state index in [2.05, 4.69) is 48.0 Å². The Balaban J connectivity index is 2.06. The zero-order chi connectivity index (χ0) is 12.1. The highest BCUT2D eigenvalue weighted by atomic mass is 79.9. The summed E-state index contributed by atoms with van der Waals surface area (Å²) < 4.78 is 0.871. The van der Waals surface area contributed by atoms with Crippen LogP contribution in [0.3, 0.4) is 0 Å². The first-order valence-corrected chi connectivity index (χ1v) is 6.99. The van der Waals surface area contributed by atoms with E-state index in [9.17, 15) is 0 Å². The van der Waals surface area contributed by atoms with E-state index in [1.165, 1.54) is 4.88 Å². The van der Waals surface area contributed by atoms with Crippen LogP contribution in [-0.4, -0.2) is 16.5 Å². The van der Waals surface area contributed by atoms with Gasteiger partial charge in [0.15, 0.2) is 0 Å². The van der Waals surface area contributed by atoms with Gasteiger partial charge in [0, 0.05) is 17.6 Å². The van der Waals surface area contributed by atoms with Gasteiger partial charge in [-0.05, 0) is 34.3 Å². The molecule has 0 aliphatic rings. The predicted molar refractivity (Wildman–Crippen MR) is 75.5 cm³/mol. The molecule has 2 aromatic heterocycles. The third-order valence-electron chi connectivity index (χ3n) is 2.09. The molecule has 17 heavy (non-hydrogen) atoms. The summed E-state index contributed by atoms with van der Waals surface area (Å²) in [5.41, 5.74) is 0. The smallest absolute Gasteiger partial charge is 0.224 e. The minimum Gasteiger partial charge on any atom is -0.364 e. The van der Waals surface area contributed by atoms with Gasteiger partial charge in [0.1, 0.15) is 5.82 Å². The lowest BCUT2D eigenvalue weighted by Crippen LogP contribution is -2.06. The first kappa shape index (κ1) is 12.3. The molecule has 0 aromatic carbocycles. The number of anilines is 2. The van der Waals surface area contributed by atoms with Crippen LogP contribution >= 0.6 is 27.3 Å². The largest absolute Gasteiger partial charge is 0.364 e. The SMILES string of the molecule is CCNc1ncc(Br)c(NCc2cccs2)n1. The highest BCUT2D eigenvalue weighted by Crippen LogP contribution is 2.21. The van der Waals surface area contributed by atoms with Crippen molar-refractivity contribution < 1.29 is 0 Å². The molecule has 0 aliphatic carbocycles. The molecule has 4 nitrogen and oxygen atoms in total. The highest BCUT2D eigenvalue weighted by Gasteiger charge is 2.04. The highest BCUT2D eigenvalue weighted by molar-refractivity contribution is 9.10. The average molecular weight is 313 g/mol. The summed E-state index contributed by atoms with van der Waals surface area (Å²) in [6.07, 6.45) is 1.75. The summed E-state index contributed by atoms with van der Waals surface area (Å²) in [6, 6.07) is 4.14. The van der Waals surface area contributed by atoms with Crippen molar-refractivity contribution in [2.45, 2.75) is 13.5 Å². The Kier molecular flexibility index (Phi) is 4.33. The van der Waals surface area contributed by atoms with Crippen LogP contribution in [0, 0.1) is 0 Å². The number of aromatic nitrogens is 2. The summed E-state index contributed by atoms with van der Waals surface area (Å²) in [5, 5.41) is 8.44. The minimum atomic E-state index is 0.643. The van der Waals surface area contributed by atoms with Crippen LogP contribution in [-0.2, 0) is 6.54 Å². The number of hydrogen-bond donors (Lipinski definition) is 2. The Labute approximate surface area is 113 Å². The Morgan fingerprint density at radius 3 is 3.00 bits per heavy atom. The Hall–Kier alpha value is -1.14. The van der Waals surface area contributed by atoms with Gasteiger partial charge in [0.25, 0.3) is 0 Å². The molecule has 90 valence electrons. The summed E-state index contributed by atoms with van der Waals surface area (Å²) in [6.45, 7) is 3.61. The van der Waals surface area contributed by atoms with Crippen molar-refractivity contribution in [3.05, 3.63) is 33.1 Å². The fourth-order valence-corrected chi connectivity index (χ4v) is 2.29. The molecule has 2 heterocycles. The second kappa shape index (κ2) is 5.97. The first-order valence-electron chi connectivity index (χ1n) is 5.32. The number of nitrogens with zero attached hydrogens (tertiary/aromatic N) is 2. The standard InChI is InChI=1S/C11H13BrN4S/c1-2-13-11-15-7-9(12)10(16-11)14-6-8-4-3-5-17-8/h3-5,7H,2,6H2,1H3,(H2,13,14,15,16). The molecule has 0 aliphatic heterocycles. The lowest BCUT2D eigenvalue weighted by Gasteiger charge is -2.08. The van der Waals surface area contributed by atoms with Crippen LogP contribution in [0.4, 0.5) is 11.8 Å². The zero-order valence-corrected chi connectivity index (χ0v) is 11.8. The number of thiophene rings is 1. The van der Waals surface area contributed by atoms with Crippen molar-refractivity contribution in [3.63, 3.8) is 0 Å².